The van der Waals surface area contributed by atoms with Crippen molar-refractivity contribution < 1.29 is 14.3 Å². The molecule has 11 heteroatoms. The van der Waals surface area contributed by atoms with Crippen LogP contribution in [0.1, 0.15) is 38.3 Å². The molecule has 0 spiro atoms. The van der Waals surface area contributed by atoms with E-state index in [-0.39, 0.29) is 23.7 Å². The monoisotopic (exact) mass is 540 g/mol. The minimum absolute atomic E-state index is 0.0175. The van der Waals surface area contributed by atoms with E-state index in [1.807, 2.05) is 30.3 Å². The molecule has 11 nitrogen and oxygen atoms in total. The van der Waals surface area contributed by atoms with Gasteiger partial charge in [0.1, 0.15) is 5.75 Å². The molecule has 40 heavy (non-hydrogen) atoms. The maximum absolute atomic E-state index is 12.9. The molecule has 1 heterocycles. The molecule has 4 rings (SSSR count). The van der Waals surface area contributed by atoms with Crippen molar-refractivity contribution in [2.24, 2.45) is 22.2 Å². The Balaban J connectivity index is 1.37. The van der Waals surface area contributed by atoms with Crippen LogP contribution >= 0.6 is 0 Å². The van der Waals surface area contributed by atoms with Gasteiger partial charge < -0.3 is 37.5 Å². The normalized spacial score (nSPS) is 12.6. The summed E-state index contributed by atoms with van der Waals surface area (Å²) in [6, 6.07) is 19.1. The van der Waals surface area contributed by atoms with E-state index >= 15 is 0 Å². The first-order valence-corrected chi connectivity index (χ1v) is 12.6. The summed E-state index contributed by atoms with van der Waals surface area (Å²) in [6.45, 7) is 1.58. The molecule has 0 aliphatic carbocycles. The van der Waals surface area contributed by atoms with Crippen molar-refractivity contribution in [3.63, 3.8) is 0 Å². The molecule has 0 aromatic heterocycles. The van der Waals surface area contributed by atoms with E-state index in [0.29, 0.717) is 47.9 Å². The lowest BCUT2D eigenvalue weighted by molar-refractivity contribution is 0.101. The minimum Gasteiger partial charge on any atom is -0.496 e. The third kappa shape index (κ3) is 6.95. The number of methoxy groups -OCH3 is 1. The van der Waals surface area contributed by atoms with Gasteiger partial charge in [0.15, 0.2) is 11.9 Å². The van der Waals surface area contributed by atoms with Gasteiger partial charge in [0.05, 0.1) is 13.7 Å². The molecular weight excluding hydrogens is 508 g/mol. The number of nitrogens with two attached hydrogens (primary N) is 3. The highest BCUT2D eigenvalue weighted by Gasteiger charge is 2.17. The van der Waals surface area contributed by atoms with Crippen molar-refractivity contribution in [2.75, 3.05) is 30.8 Å². The van der Waals surface area contributed by atoms with Crippen molar-refractivity contribution >= 4 is 40.7 Å². The summed E-state index contributed by atoms with van der Waals surface area (Å²) in [5, 5.41) is 13.3. The number of hydrogen-bond acceptors (Lipinski definition) is 5. The summed E-state index contributed by atoms with van der Waals surface area (Å²) in [6.07, 6.45) is 2.76. The number of carbonyl (C=O) groups excluding carboxylic acids is 2. The van der Waals surface area contributed by atoms with Gasteiger partial charge in [-0.2, -0.15) is 0 Å². The van der Waals surface area contributed by atoms with Crippen molar-refractivity contribution in [3.8, 4) is 5.75 Å². The Kier molecular flexibility index (Phi) is 8.65. The predicted molar refractivity (Wildman–Crippen MR) is 157 cm³/mol. The molecule has 0 saturated heterocycles. The molecule has 0 bridgehead atoms. The van der Waals surface area contributed by atoms with Gasteiger partial charge in [-0.1, -0.05) is 18.2 Å². The van der Waals surface area contributed by atoms with Gasteiger partial charge in [-0.3, -0.25) is 15.0 Å². The number of aliphatic imine (C=N–C) groups is 1. The first-order valence-electron chi connectivity index (χ1n) is 12.6. The quantitative estimate of drug-likeness (QED) is 0.187. The second-order valence-corrected chi connectivity index (χ2v) is 9.15. The van der Waals surface area contributed by atoms with E-state index in [1.54, 1.807) is 54.5 Å². The number of nitrogens with one attached hydrogen (secondary N) is 3. The molecule has 206 valence electrons. The average molecular weight is 541 g/mol. The molecule has 0 atom stereocenters. The molecule has 0 unspecified atom stereocenters. The van der Waals surface area contributed by atoms with Gasteiger partial charge >= 0.3 is 0 Å². The number of carbonyl (C=O) groups is 2. The first kappa shape index (κ1) is 27.7. The van der Waals surface area contributed by atoms with Crippen LogP contribution < -0.4 is 32.6 Å². The fourth-order valence-corrected chi connectivity index (χ4v) is 4.22. The standard InChI is InChI=1S/C29H32N8O3/c1-40-25-16-23(10-11-24(25)19-12-14-37(15-13-19)29(32)33)36-27(39)21-6-4-20(5-7-21)26(38)35-22-8-2-18(3-9-22)17-34-28(30)31/h2-12,16H,13-15,17H2,1H3,(H3,32,33)(H,35,38)(H,36,39)(H4,30,31,34). The highest BCUT2D eigenvalue weighted by Crippen LogP contribution is 2.32. The zero-order valence-electron chi connectivity index (χ0n) is 22.1. The topological polar surface area (TPSA) is 185 Å². The van der Waals surface area contributed by atoms with Crippen LogP contribution in [0.3, 0.4) is 0 Å². The van der Waals surface area contributed by atoms with Gasteiger partial charge in [-0.15, -0.1) is 0 Å². The average Bonchev–Trinajstić information content (AvgIpc) is 2.96. The van der Waals surface area contributed by atoms with E-state index in [1.165, 1.54) is 0 Å². The minimum atomic E-state index is -0.313. The predicted octanol–water partition coefficient (Wildman–Crippen LogP) is 2.96. The lowest BCUT2D eigenvalue weighted by Crippen LogP contribution is -2.39. The highest BCUT2D eigenvalue weighted by atomic mass is 16.5. The number of nitrogens with zero attached hydrogens (tertiary/aromatic N) is 2. The number of hydrogen-bond donors (Lipinski definition) is 6. The number of benzene rings is 3. The Bertz CT molecular complexity index is 1460. The molecule has 1 aliphatic heterocycles. The van der Waals surface area contributed by atoms with Crippen molar-refractivity contribution in [2.45, 2.75) is 13.0 Å². The summed E-state index contributed by atoms with van der Waals surface area (Å²) in [4.78, 5) is 31.3. The van der Waals surface area contributed by atoms with Gasteiger partial charge in [-0.05, 0) is 66.1 Å². The Morgan fingerprint density at radius 1 is 0.925 bits per heavy atom. The largest absolute Gasteiger partial charge is 0.496 e. The van der Waals surface area contributed by atoms with Crippen LogP contribution in [0.5, 0.6) is 5.75 Å². The van der Waals surface area contributed by atoms with Crippen LogP contribution in [0.25, 0.3) is 5.57 Å². The second kappa shape index (κ2) is 12.5. The Labute approximate surface area is 232 Å². The molecular formula is C29H32N8O3. The van der Waals surface area contributed by atoms with Gasteiger partial charge in [-0.25, -0.2) is 4.99 Å². The van der Waals surface area contributed by atoms with Crippen molar-refractivity contribution in [1.29, 1.82) is 5.41 Å². The molecule has 1 aliphatic rings. The van der Waals surface area contributed by atoms with E-state index in [2.05, 4.69) is 15.6 Å². The third-order valence-electron chi connectivity index (χ3n) is 6.42. The Morgan fingerprint density at radius 2 is 1.52 bits per heavy atom. The fraction of sp³-hybridized carbons (Fsp3) is 0.172. The lowest BCUT2D eigenvalue weighted by atomic mass is 9.98. The Morgan fingerprint density at radius 3 is 2.05 bits per heavy atom. The number of guanidine groups is 2. The van der Waals surface area contributed by atoms with E-state index in [0.717, 1.165) is 23.1 Å². The molecule has 2 amide bonds. The number of anilines is 2. The van der Waals surface area contributed by atoms with Crippen LogP contribution in [0.2, 0.25) is 0 Å². The highest BCUT2D eigenvalue weighted by molar-refractivity contribution is 6.07. The molecule has 0 radical (unpaired) electrons. The van der Waals surface area contributed by atoms with Crippen LogP contribution in [0, 0.1) is 5.41 Å². The summed E-state index contributed by atoms with van der Waals surface area (Å²) >= 11 is 0. The van der Waals surface area contributed by atoms with Crippen LogP contribution in [0.15, 0.2) is 77.8 Å². The van der Waals surface area contributed by atoms with Crippen molar-refractivity contribution in [3.05, 3.63) is 95.1 Å². The fourth-order valence-electron chi connectivity index (χ4n) is 4.22. The zero-order chi connectivity index (χ0) is 28.6. The summed E-state index contributed by atoms with van der Waals surface area (Å²) in [5.41, 5.74) is 21.2. The second-order valence-electron chi connectivity index (χ2n) is 9.15. The Hall–Kier alpha value is -5.32. The van der Waals surface area contributed by atoms with Crippen LogP contribution in [0.4, 0.5) is 11.4 Å². The maximum Gasteiger partial charge on any atom is 0.255 e. The van der Waals surface area contributed by atoms with E-state index in [9.17, 15) is 9.59 Å². The number of rotatable bonds is 8. The summed E-state index contributed by atoms with van der Waals surface area (Å²) in [7, 11) is 1.58. The van der Waals surface area contributed by atoms with Crippen LogP contribution in [-0.4, -0.2) is 48.8 Å². The first-order chi connectivity index (χ1) is 19.2. The molecule has 3 aromatic carbocycles. The van der Waals surface area contributed by atoms with Gasteiger partial charge in [0.25, 0.3) is 11.8 Å². The SMILES string of the molecule is COc1cc(NC(=O)c2ccc(C(=O)Nc3ccc(CN=C(N)N)cc3)cc2)ccc1C1=CCN(C(=N)N)CC1. The van der Waals surface area contributed by atoms with Crippen molar-refractivity contribution in [1.82, 2.24) is 4.90 Å². The smallest absolute Gasteiger partial charge is 0.255 e. The summed E-state index contributed by atoms with van der Waals surface area (Å²) in [5.74, 6) is 0.0980. The molecule has 0 saturated carbocycles. The number of ether oxygens (including phenoxy) is 1. The zero-order valence-corrected chi connectivity index (χ0v) is 22.1. The molecule has 0 fully saturated rings. The lowest BCUT2D eigenvalue weighted by Gasteiger charge is -2.27. The van der Waals surface area contributed by atoms with Crippen LogP contribution in [-0.2, 0) is 6.54 Å². The van der Waals surface area contributed by atoms with E-state index < -0.39 is 0 Å². The molecule has 3 aromatic rings. The maximum atomic E-state index is 12.9. The third-order valence-corrected chi connectivity index (χ3v) is 6.42. The number of amides is 2. The summed E-state index contributed by atoms with van der Waals surface area (Å²) < 4.78 is 5.59. The van der Waals surface area contributed by atoms with Gasteiger partial charge in [0, 0.05) is 47.2 Å². The molecule has 9 N–H and O–H groups in total. The van der Waals surface area contributed by atoms with Gasteiger partial charge in [0.2, 0.25) is 0 Å². The van der Waals surface area contributed by atoms with E-state index in [4.69, 9.17) is 27.3 Å².